The molecule has 13 heteroatoms. The van der Waals surface area contributed by atoms with E-state index in [0.29, 0.717) is 32.1 Å². The van der Waals surface area contributed by atoms with Gasteiger partial charge in [0.25, 0.3) is 0 Å². The molecule has 7 fully saturated rings. The highest BCUT2D eigenvalue weighted by Crippen LogP contribution is 2.43. The van der Waals surface area contributed by atoms with Crippen molar-refractivity contribution in [1.82, 2.24) is 0 Å². The minimum absolute atomic E-state index is 0.00643. The maximum atomic E-state index is 13.9. The van der Waals surface area contributed by atoms with Gasteiger partial charge in [0.05, 0.1) is 73.8 Å². The Labute approximate surface area is 312 Å². The molecule has 13 nitrogen and oxygen atoms in total. The number of rotatable bonds is 4. The van der Waals surface area contributed by atoms with E-state index in [-0.39, 0.29) is 79.9 Å². The number of methoxy groups -OCH3 is 1. The first-order valence-electron chi connectivity index (χ1n) is 19.9. The Balaban J connectivity index is 1.11. The molecule has 7 aliphatic rings. The molecule has 0 saturated carbocycles. The number of carbonyl (C=O) groups excluding carboxylic acids is 2. The Morgan fingerprint density at radius 2 is 1.45 bits per heavy atom. The van der Waals surface area contributed by atoms with Crippen LogP contribution >= 0.6 is 0 Å². The van der Waals surface area contributed by atoms with Gasteiger partial charge in [-0.25, -0.2) is 0 Å². The monoisotopic (exact) mass is 748 g/mol. The number of hydrogen-bond acceptors (Lipinski definition) is 13. The summed E-state index contributed by atoms with van der Waals surface area (Å²) < 4.78 is 44.3. The van der Waals surface area contributed by atoms with Crippen molar-refractivity contribution in [2.45, 2.75) is 188 Å². The lowest BCUT2D eigenvalue weighted by Crippen LogP contribution is -2.61. The lowest BCUT2D eigenvalue weighted by Gasteiger charge is -2.46. The number of carbonyl (C=O) groups is 2. The van der Waals surface area contributed by atoms with E-state index in [2.05, 4.69) is 20.1 Å². The van der Waals surface area contributed by atoms with Crippen molar-refractivity contribution in [3.05, 3.63) is 24.3 Å². The average Bonchev–Trinajstić information content (AvgIpc) is 3.76. The average molecular weight is 749 g/mol. The first-order chi connectivity index (χ1) is 25.4. The van der Waals surface area contributed by atoms with Crippen LogP contribution < -0.4 is 0 Å². The molecule has 7 saturated heterocycles. The van der Waals surface area contributed by atoms with Crippen LogP contribution in [0.15, 0.2) is 24.3 Å². The third-order valence-electron chi connectivity index (χ3n) is 13.1. The second-order valence-corrected chi connectivity index (χ2v) is 16.8. The van der Waals surface area contributed by atoms with Crippen molar-refractivity contribution in [2.24, 2.45) is 11.8 Å². The van der Waals surface area contributed by atoms with Crippen LogP contribution in [0.1, 0.15) is 90.4 Å². The van der Waals surface area contributed by atoms with Gasteiger partial charge >= 0.3 is 0 Å². The highest BCUT2D eigenvalue weighted by molar-refractivity contribution is 5.79. The molecule has 14 unspecified atom stereocenters. The molecule has 0 radical (unpaired) electrons. The summed E-state index contributed by atoms with van der Waals surface area (Å²) in [5.41, 5.74) is 2.00. The van der Waals surface area contributed by atoms with Gasteiger partial charge in [-0.05, 0) is 62.0 Å². The first kappa shape index (κ1) is 39.6. The Bertz CT molecular complexity index is 1340. The normalized spacial score (nSPS) is 47.7. The van der Waals surface area contributed by atoms with Crippen LogP contribution in [-0.2, 0) is 42.7 Å². The molecule has 8 bridgehead atoms. The summed E-state index contributed by atoms with van der Waals surface area (Å²) in [6, 6.07) is 0. The molecule has 0 aromatic heterocycles. The molecule has 4 N–H and O–H groups in total. The third-order valence-corrected chi connectivity index (χ3v) is 13.1. The summed E-state index contributed by atoms with van der Waals surface area (Å²) in [6.07, 6.45) is -3.55. The van der Waals surface area contributed by atoms with Gasteiger partial charge in [0, 0.05) is 51.6 Å². The van der Waals surface area contributed by atoms with Crippen LogP contribution in [-0.4, -0.2) is 143 Å². The first-order valence-corrected chi connectivity index (χ1v) is 19.9. The highest BCUT2D eigenvalue weighted by Gasteiger charge is 2.57. The fourth-order valence-corrected chi connectivity index (χ4v) is 10.1. The SMILES string of the molecule is C=C1CC2CCC(=O)CC3OC4C(OC5CCC(CC(=O)CC6C(CC7O[C@@H](CCC1O2)C[C@@H](C)C7=C)OC(CC(O)CO)[C@@H]6OC)O[C@@H]5C4O)C3O. The maximum absolute atomic E-state index is 13.9. The number of hydrogen-bond donors (Lipinski definition) is 4. The van der Waals surface area contributed by atoms with Crippen LogP contribution in [0, 0.1) is 11.8 Å². The summed E-state index contributed by atoms with van der Waals surface area (Å²) in [6.45, 7) is 10.4. The van der Waals surface area contributed by atoms with Crippen molar-refractivity contribution < 1.29 is 63.2 Å². The number of aliphatic hydroxyl groups excluding tert-OH is 4. The molecule has 7 rings (SSSR count). The van der Waals surface area contributed by atoms with E-state index in [1.165, 1.54) is 0 Å². The summed E-state index contributed by atoms with van der Waals surface area (Å²) in [5.74, 6) is -0.221. The summed E-state index contributed by atoms with van der Waals surface area (Å²) >= 11 is 0. The highest BCUT2D eigenvalue weighted by atomic mass is 16.6. The quantitative estimate of drug-likeness (QED) is 0.308. The molecule has 7 aliphatic heterocycles. The largest absolute Gasteiger partial charge is 0.394 e. The Morgan fingerprint density at radius 3 is 2.23 bits per heavy atom. The zero-order chi connectivity index (χ0) is 37.6. The van der Waals surface area contributed by atoms with Gasteiger partial charge < -0.3 is 53.6 Å². The minimum atomic E-state index is -1.10. The Hall–Kier alpha value is -1.62. The van der Waals surface area contributed by atoms with Gasteiger partial charge in [-0.15, -0.1) is 0 Å². The third kappa shape index (κ3) is 8.56. The fourth-order valence-electron chi connectivity index (χ4n) is 10.1. The van der Waals surface area contributed by atoms with Crippen LogP contribution in [0.25, 0.3) is 0 Å². The van der Waals surface area contributed by atoms with Crippen LogP contribution in [0.2, 0.25) is 0 Å². The van der Waals surface area contributed by atoms with Gasteiger partial charge in [0.15, 0.2) is 0 Å². The smallest absolute Gasteiger partial charge is 0.135 e. The molecule has 7 heterocycles. The molecule has 0 aliphatic carbocycles. The van der Waals surface area contributed by atoms with E-state index in [0.717, 1.165) is 30.4 Å². The number of fused-ring (bicyclic) bond motifs is 7. The van der Waals surface area contributed by atoms with Gasteiger partial charge in [-0.2, -0.15) is 0 Å². The molecular formula is C40H60O13. The van der Waals surface area contributed by atoms with E-state index in [4.69, 9.17) is 33.2 Å². The van der Waals surface area contributed by atoms with E-state index in [9.17, 15) is 30.0 Å². The topological polar surface area (TPSA) is 180 Å². The lowest BCUT2D eigenvalue weighted by atomic mass is 9.81. The van der Waals surface area contributed by atoms with Crippen molar-refractivity contribution >= 4 is 11.6 Å². The number of ether oxygens (including phenoxy) is 7. The fraction of sp³-hybridized carbons (Fsp3) is 0.850. The Kier molecular flexibility index (Phi) is 12.6. The molecule has 18 atom stereocenters. The minimum Gasteiger partial charge on any atom is -0.394 e. The zero-order valence-electron chi connectivity index (χ0n) is 31.2. The molecule has 298 valence electrons. The van der Waals surface area contributed by atoms with Crippen LogP contribution in [0.5, 0.6) is 0 Å². The summed E-state index contributed by atoms with van der Waals surface area (Å²) in [5, 5.41) is 42.6. The second-order valence-electron chi connectivity index (χ2n) is 16.8. The number of ketones is 2. The summed E-state index contributed by atoms with van der Waals surface area (Å²) in [4.78, 5) is 27.0. The second kappa shape index (κ2) is 16.9. The number of Topliss-reactive ketones (excluding diaryl/α,β-unsaturated/α-hetero) is 2. The number of aliphatic hydroxyl groups is 4. The van der Waals surface area contributed by atoms with E-state index in [1.54, 1.807) is 7.11 Å². The summed E-state index contributed by atoms with van der Waals surface area (Å²) in [7, 11) is 1.58. The van der Waals surface area contributed by atoms with Crippen molar-refractivity contribution in [2.75, 3.05) is 13.7 Å². The molecule has 0 aromatic carbocycles. The standard InChI is InChI=1S/C40H60O13/c1-19-11-26-7-9-29-20(2)12-25(48-29)6-5-22(42)15-33-35(45)39-40(53-33)36(46)38-30(52-39)10-8-27(50-38)13-23(43)14-28-32(17-31(49-26)21(19)3)51-34(37(28)47-4)16-24(44)18-41/h19,24-41,44-46H,2-3,5-18H2,1,4H3/t19-,24?,25?,26+,27?,28?,29?,30?,31?,32?,33?,34?,35?,36?,37-,38+,39?,40?/m1/s1. The predicted octanol–water partition coefficient (Wildman–Crippen LogP) is 2.27. The van der Waals surface area contributed by atoms with Crippen LogP contribution in [0.4, 0.5) is 0 Å². The van der Waals surface area contributed by atoms with Gasteiger partial charge in [0.1, 0.15) is 42.1 Å². The molecule has 0 amide bonds. The molecular weight excluding hydrogens is 688 g/mol. The molecule has 0 aromatic rings. The van der Waals surface area contributed by atoms with E-state index < -0.39 is 79.9 Å². The van der Waals surface area contributed by atoms with Crippen molar-refractivity contribution in [3.63, 3.8) is 0 Å². The lowest BCUT2D eigenvalue weighted by molar-refractivity contribution is -0.259. The van der Waals surface area contributed by atoms with E-state index in [1.807, 2.05) is 0 Å². The van der Waals surface area contributed by atoms with Crippen molar-refractivity contribution in [1.29, 1.82) is 0 Å². The zero-order valence-corrected chi connectivity index (χ0v) is 31.2. The van der Waals surface area contributed by atoms with Gasteiger partial charge in [0.2, 0.25) is 0 Å². The van der Waals surface area contributed by atoms with Gasteiger partial charge in [-0.3, -0.25) is 9.59 Å². The molecule has 0 spiro atoms. The molecule has 53 heavy (non-hydrogen) atoms. The van der Waals surface area contributed by atoms with Gasteiger partial charge in [-0.1, -0.05) is 20.1 Å². The predicted molar refractivity (Wildman–Crippen MR) is 189 cm³/mol. The van der Waals surface area contributed by atoms with Crippen molar-refractivity contribution in [3.8, 4) is 0 Å². The Morgan fingerprint density at radius 1 is 0.736 bits per heavy atom. The van der Waals surface area contributed by atoms with E-state index >= 15 is 0 Å². The van der Waals surface area contributed by atoms with Crippen LogP contribution in [0.3, 0.4) is 0 Å². The maximum Gasteiger partial charge on any atom is 0.135 e.